The minimum atomic E-state index is -1.58. The second-order valence-corrected chi connectivity index (χ2v) is 11.6. The number of carbonyl (C=O) groups is 1. The van der Waals surface area contributed by atoms with Gasteiger partial charge in [0.25, 0.3) is 0 Å². The van der Waals surface area contributed by atoms with Crippen LogP contribution in [-0.2, 0) is 17.8 Å². The van der Waals surface area contributed by atoms with Crippen LogP contribution in [0.5, 0.6) is 0 Å². The van der Waals surface area contributed by atoms with Gasteiger partial charge < -0.3 is 24.8 Å². The number of aliphatic hydroxyl groups is 2. The molecule has 8 heteroatoms. The van der Waals surface area contributed by atoms with Crippen LogP contribution in [0.15, 0.2) is 54.6 Å². The highest BCUT2D eigenvalue weighted by molar-refractivity contribution is 7.90. The van der Waals surface area contributed by atoms with Gasteiger partial charge in [-0.25, -0.2) is 4.79 Å². The van der Waals surface area contributed by atoms with Gasteiger partial charge in [-0.3, -0.25) is 0 Å². The maximum absolute atomic E-state index is 13.1. The molecule has 0 radical (unpaired) electrons. The molecule has 1 aliphatic heterocycles. The number of nitrogens with one attached hydrogen (secondary N) is 1. The molecule has 1 aliphatic rings. The largest absolute Gasteiger partial charge is 0.598 e. The number of benzene rings is 2. The number of hydrogen-bond acceptors (Lipinski definition) is 5. The van der Waals surface area contributed by atoms with Crippen molar-refractivity contribution in [2.24, 2.45) is 0 Å². The lowest BCUT2D eigenvalue weighted by Crippen LogP contribution is -2.73. The Morgan fingerprint density at radius 1 is 1.21 bits per heavy atom. The molecule has 0 aromatic heterocycles. The van der Waals surface area contributed by atoms with Crippen LogP contribution >= 0.6 is 0 Å². The number of hydrogen-bond donors (Lipinski definition) is 4. The van der Waals surface area contributed by atoms with E-state index in [0.29, 0.717) is 25.8 Å². The fraction of sp³-hybridized carbons (Fsp3) is 0.480. The van der Waals surface area contributed by atoms with E-state index in [1.165, 1.54) is 4.90 Å². The Hall–Kier alpha value is -2.10. The van der Waals surface area contributed by atoms with Crippen molar-refractivity contribution in [2.75, 3.05) is 13.2 Å². The molecule has 1 amide bonds. The molecule has 1 unspecified atom stereocenters. The summed E-state index contributed by atoms with van der Waals surface area (Å²) in [6, 6.07) is 17.0. The molecule has 7 nitrogen and oxygen atoms in total. The summed E-state index contributed by atoms with van der Waals surface area (Å²) in [7, 11) is 0. The zero-order valence-electron chi connectivity index (χ0n) is 19.4. The van der Waals surface area contributed by atoms with Crippen molar-refractivity contribution in [3.05, 3.63) is 60.2 Å². The van der Waals surface area contributed by atoms with Crippen LogP contribution in [0.3, 0.4) is 0 Å². The van der Waals surface area contributed by atoms with Gasteiger partial charge in [0.15, 0.2) is 0 Å². The van der Waals surface area contributed by atoms with Crippen LogP contribution < -0.4 is 4.72 Å². The Balaban J connectivity index is 2.03. The SMILES string of the molecule is CC(C)(C)[S@@+]([O-])N[C@@]1(C(O)CO)CCCN(C(=O)O)[C@H]1Cc1cccc(-c2ccccc2)c1. The fourth-order valence-corrected chi connectivity index (χ4v) is 5.49. The highest BCUT2D eigenvalue weighted by atomic mass is 32.2. The van der Waals surface area contributed by atoms with Crippen molar-refractivity contribution in [3.63, 3.8) is 0 Å². The number of aliphatic hydroxyl groups excluding tert-OH is 2. The molecule has 4 atom stereocenters. The Morgan fingerprint density at radius 2 is 1.88 bits per heavy atom. The third-order valence-corrected chi connectivity index (χ3v) is 7.95. The smallest absolute Gasteiger partial charge is 0.407 e. The van der Waals surface area contributed by atoms with E-state index in [9.17, 15) is 24.7 Å². The monoisotopic (exact) mass is 474 g/mol. The van der Waals surface area contributed by atoms with Crippen molar-refractivity contribution in [1.82, 2.24) is 9.62 Å². The molecule has 1 fully saturated rings. The van der Waals surface area contributed by atoms with Crippen molar-refractivity contribution in [2.45, 2.75) is 62.5 Å². The summed E-state index contributed by atoms with van der Waals surface area (Å²) in [5.74, 6) is 0. The lowest BCUT2D eigenvalue weighted by Gasteiger charge is -2.51. The van der Waals surface area contributed by atoms with Gasteiger partial charge in [-0.1, -0.05) is 54.6 Å². The first-order valence-electron chi connectivity index (χ1n) is 11.2. The molecule has 1 heterocycles. The number of nitrogens with zero attached hydrogens (tertiary/aromatic N) is 1. The molecule has 3 rings (SSSR count). The first-order chi connectivity index (χ1) is 15.6. The predicted molar refractivity (Wildman–Crippen MR) is 130 cm³/mol. The van der Waals surface area contributed by atoms with E-state index in [4.69, 9.17) is 0 Å². The first-order valence-corrected chi connectivity index (χ1v) is 12.4. The Bertz CT molecular complexity index is 936. The minimum absolute atomic E-state index is 0.304. The van der Waals surface area contributed by atoms with E-state index in [1.807, 2.05) is 75.4 Å². The second-order valence-electron chi connectivity index (χ2n) is 9.59. The van der Waals surface area contributed by atoms with Crippen LogP contribution in [-0.4, -0.2) is 66.4 Å². The van der Waals surface area contributed by atoms with E-state index in [0.717, 1.165) is 16.7 Å². The number of rotatable bonds is 7. The van der Waals surface area contributed by atoms with Gasteiger partial charge in [-0.05, 0) is 56.7 Å². The van der Waals surface area contributed by atoms with Crippen LogP contribution in [0.2, 0.25) is 0 Å². The van der Waals surface area contributed by atoms with Gasteiger partial charge in [-0.15, -0.1) is 4.72 Å². The summed E-state index contributed by atoms with van der Waals surface area (Å²) in [5.41, 5.74) is 1.69. The molecule has 180 valence electrons. The lowest BCUT2D eigenvalue weighted by molar-refractivity contribution is -0.0432. The molecule has 0 saturated carbocycles. The Morgan fingerprint density at radius 3 is 2.48 bits per heavy atom. The first kappa shape index (κ1) is 25.5. The van der Waals surface area contributed by atoms with Gasteiger partial charge in [0.05, 0.1) is 12.6 Å². The van der Waals surface area contributed by atoms with Crippen LogP contribution in [0.25, 0.3) is 11.1 Å². The fourth-order valence-electron chi connectivity index (χ4n) is 4.46. The second kappa shape index (κ2) is 10.4. The molecular formula is C25H34N2O5S. The van der Waals surface area contributed by atoms with Gasteiger partial charge in [0, 0.05) is 17.9 Å². The third-order valence-electron chi connectivity index (χ3n) is 6.28. The predicted octanol–water partition coefficient (Wildman–Crippen LogP) is 3.18. The normalized spacial score (nSPS) is 23.2. The average Bonchev–Trinajstić information content (AvgIpc) is 2.79. The highest BCUT2D eigenvalue weighted by Crippen LogP contribution is 2.36. The zero-order chi connectivity index (χ0) is 24.2. The molecular weight excluding hydrogens is 440 g/mol. The molecule has 1 saturated heterocycles. The summed E-state index contributed by atoms with van der Waals surface area (Å²) in [6.07, 6.45) is -1.20. The van der Waals surface area contributed by atoms with Crippen molar-refractivity contribution in [3.8, 4) is 11.1 Å². The van der Waals surface area contributed by atoms with Crippen molar-refractivity contribution >= 4 is 17.5 Å². The standard InChI is InChI=1S/C25H34N2O5S/c1-24(2,3)33(32)26-25(22(29)17-28)13-8-14-27(23(30)31)21(25)16-18-9-7-12-20(15-18)19-10-5-4-6-11-19/h4-7,9-12,15,21-22,26,28-29H,8,13-14,16-17H2,1-3H3,(H,30,31)/t21-,22?,25-,33+/m0/s1. The molecule has 2 aromatic rings. The summed E-state index contributed by atoms with van der Waals surface area (Å²) in [5, 5.41) is 30.9. The topological polar surface area (TPSA) is 116 Å². The van der Waals surface area contributed by atoms with E-state index in [2.05, 4.69) is 4.72 Å². The average molecular weight is 475 g/mol. The van der Waals surface area contributed by atoms with Crippen LogP contribution in [0.1, 0.15) is 39.2 Å². The van der Waals surface area contributed by atoms with Gasteiger partial charge in [-0.2, -0.15) is 0 Å². The van der Waals surface area contributed by atoms with Gasteiger partial charge >= 0.3 is 6.09 Å². The minimum Gasteiger partial charge on any atom is -0.598 e. The number of piperidine rings is 1. The molecule has 33 heavy (non-hydrogen) atoms. The molecule has 2 aromatic carbocycles. The lowest BCUT2D eigenvalue weighted by atomic mass is 9.75. The number of amides is 1. The van der Waals surface area contributed by atoms with Crippen molar-refractivity contribution in [1.29, 1.82) is 0 Å². The molecule has 0 spiro atoms. The number of carboxylic acid groups (broad SMARTS) is 1. The summed E-state index contributed by atoms with van der Waals surface area (Å²) >= 11 is -1.58. The van der Waals surface area contributed by atoms with Crippen LogP contribution in [0, 0.1) is 0 Å². The Labute approximate surface area is 198 Å². The maximum atomic E-state index is 13.1. The van der Waals surface area contributed by atoms with Crippen LogP contribution in [0.4, 0.5) is 4.79 Å². The third kappa shape index (κ3) is 5.70. The Kier molecular flexibility index (Phi) is 8.08. The summed E-state index contributed by atoms with van der Waals surface area (Å²) in [4.78, 5) is 13.5. The summed E-state index contributed by atoms with van der Waals surface area (Å²) in [6.45, 7) is 5.17. The maximum Gasteiger partial charge on any atom is 0.407 e. The van der Waals surface area contributed by atoms with E-state index in [-0.39, 0.29) is 0 Å². The van der Waals surface area contributed by atoms with Crippen molar-refractivity contribution < 1.29 is 24.7 Å². The molecule has 0 aliphatic carbocycles. The highest BCUT2D eigenvalue weighted by Gasteiger charge is 2.54. The summed E-state index contributed by atoms with van der Waals surface area (Å²) < 4.78 is 15.6. The van der Waals surface area contributed by atoms with E-state index >= 15 is 0 Å². The quantitative estimate of drug-likeness (QED) is 0.458. The van der Waals surface area contributed by atoms with E-state index < -0.39 is 46.5 Å². The van der Waals surface area contributed by atoms with Gasteiger partial charge in [0.1, 0.15) is 16.4 Å². The van der Waals surface area contributed by atoms with E-state index in [1.54, 1.807) is 0 Å². The molecule has 4 N–H and O–H groups in total. The molecule has 0 bridgehead atoms. The van der Waals surface area contributed by atoms with Gasteiger partial charge in [0.2, 0.25) is 0 Å². The number of likely N-dealkylation sites (tertiary alicyclic amines) is 1. The zero-order valence-corrected chi connectivity index (χ0v) is 20.2.